The first-order chi connectivity index (χ1) is 13.5. The number of benzene rings is 1. The zero-order chi connectivity index (χ0) is 19.8. The second-order valence-electron chi connectivity index (χ2n) is 7.14. The molecule has 0 N–H and O–H groups in total. The summed E-state index contributed by atoms with van der Waals surface area (Å²) >= 11 is 0. The topological polar surface area (TPSA) is 72.6 Å². The summed E-state index contributed by atoms with van der Waals surface area (Å²) in [6.07, 6.45) is 1.60. The van der Waals surface area contributed by atoms with E-state index in [-0.39, 0.29) is 17.7 Å². The van der Waals surface area contributed by atoms with E-state index < -0.39 is 5.63 Å². The molecule has 3 aromatic rings. The molecule has 0 aliphatic carbocycles. The first-order valence-electron chi connectivity index (χ1n) is 9.35. The SMILES string of the molecule is COC(=O)[C@@H]1CCCN1c1ccc2c(-c3c(C)cccc3C)cc(=O)oc2n1. The second kappa shape index (κ2) is 7.11. The Morgan fingerprint density at radius 1 is 1.21 bits per heavy atom. The lowest BCUT2D eigenvalue weighted by Crippen LogP contribution is -2.37. The van der Waals surface area contributed by atoms with E-state index in [4.69, 9.17) is 9.15 Å². The number of rotatable bonds is 3. The van der Waals surface area contributed by atoms with Crippen molar-refractivity contribution in [3.05, 3.63) is 57.9 Å². The third kappa shape index (κ3) is 3.05. The average Bonchev–Trinajstić information content (AvgIpc) is 3.16. The molecule has 0 saturated carbocycles. The van der Waals surface area contributed by atoms with Crippen LogP contribution < -0.4 is 10.5 Å². The van der Waals surface area contributed by atoms with Crippen molar-refractivity contribution in [2.45, 2.75) is 32.7 Å². The van der Waals surface area contributed by atoms with E-state index in [9.17, 15) is 9.59 Å². The summed E-state index contributed by atoms with van der Waals surface area (Å²) in [7, 11) is 1.39. The van der Waals surface area contributed by atoms with Crippen LogP contribution in [0.2, 0.25) is 0 Å². The van der Waals surface area contributed by atoms with Gasteiger partial charge in [0.1, 0.15) is 11.9 Å². The van der Waals surface area contributed by atoms with Gasteiger partial charge in [-0.2, -0.15) is 4.98 Å². The van der Waals surface area contributed by atoms with Crippen molar-refractivity contribution in [1.82, 2.24) is 4.98 Å². The maximum Gasteiger partial charge on any atom is 0.338 e. The average molecular weight is 378 g/mol. The van der Waals surface area contributed by atoms with E-state index in [1.807, 2.05) is 49.1 Å². The van der Waals surface area contributed by atoms with Crippen molar-refractivity contribution in [3.8, 4) is 11.1 Å². The fourth-order valence-corrected chi connectivity index (χ4v) is 4.06. The molecule has 28 heavy (non-hydrogen) atoms. The van der Waals surface area contributed by atoms with Crippen LogP contribution in [0.5, 0.6) is 0 Å². The monoisotopic (exact) mass is 378 g/mol. The Kier molecular flexibility index (Phi) is 4.63. The number of pyridine rings is 1. The Morgan fingerprint density at radius 3 is 2.68 bits per heavy atom. The van der Waals surface area contributed by atoms with E-state index in [1.54, 1.807) is 0 Å². The highest BCUT2D eigenvalue weighted by Crippen LogP contribution is 2.33. The normalized spacial score (nSPS) is 16.5. The summed E-state index contributed by atoms with van der Waals surface area (Å²) in [5, 5.41) is 0.773. The molecular formula is C22H22N2O4. The number of carbonyl (C=O) groups excluding carboxylic acids is 1. The van der Waals surface area contributed by atoms with Gasteiger partial charge in [-0.25, -0.2) is 9.59 Å². The molecule has 0 bridgehead atoms. The Bertz CT molecular complexity index is 1100. The molecule has 1 saturated heterocycles. The van der Waals surface area contributed by atoms with Crippen LogP contribution in [0.25, 0.3) is 22.2 Å². The number of carbonyl (C=O) groups is 1. The molecule has 0 unspecified atom stereocenters. The molecule has 6 nitrogen and oxygen atoms in total. The Labute approximate surface area is 162 Å². The van der Waals surface area contributed by atoms with Gasteiger partial charge in [0, 0.05) is 23.6 Å². The van der Waals surface area contributed by atoms with Crippen molar-refractivity contribution in [3.63, 3.8) is 0 Å². The van der Waals surface area contributed by atoms with Crippen molar-refractivity contribution in [2.75, 3.05) is 18.6 Å². The van der Waals surface area contributed by atoms with Gasteiger partial charge in [0.25, 0.3) is 0 Å². The fraction of sp³-hybridized carbons (Fsp3) is 0.318. The quantitative estimate of drug-likeness (QED) is 0.648. The number of fused-ring (bicyclic) bond motifs is 1. The Hall–Kier alpha value is -3.15. The lowest BCUT2D eigenvalue weighted by atomic mass is 9.94. The zero-order valence-corrected chi connectivity index (χ0v) is 16.2. The molecular weight excluding hydrogens is 356 g/mol. The van der Waals surface area contributed by atoms with Gasteiger partial charge in [-0.1, -0.05) is 18.2 Å². The highest BCUT2D eigenvalue weighted by Gasteiger charge is 2.32. The van der Waals surface area contributed by atoms with E-state index in [1.165, 1.54) is 13.2 Å². The highest BCUT2D eigenvalue weighted by molar-refractivity contribution is 5.94. The van der Waals surface area contributed by atoms with Crippen LogP contribution in [0.4, 0.5) is 5.82 Å². The number of ether oxygens (including phenoxy) is 1. The lowest BCUT2D eigenvalue weighted by molar-refractivity contribution is -0.141. The van der Waals surface area contributed by atoms with Gasteiger partial charge in [0.05, 0.1) is 7.11 Å². The summed E-state index contributed by atoms with van der Waals surface area (Å²) in [4.78, 5) is 30.8. The standard InChI is InChI=1S/C22H22N2O4/c1-13-6-4-7-14(2)20(13)16-12-19(25)28-21-15(16)9-10-18(23-21)24-11-5-8-17(24)22(26)27-3/h4,6-7,9-10,12,17H,5,8,11H2,1-3H3/t17-/m0/s1. The summed E-state index contributed by atoms with van der Waals surface area (Å²) in [6.45, 7) is 4.75. The Morgan fingerprint density at radius 2 is 1.96 bits per heavy atom. The predicted molar refractivity (Wildman–Crippen MR) is 108 cm³/mol. The molecule has 0 amide bonds. The third-order valence-corrected chi connectivity index (χ3v) is 5.37. The molecule has 144 valence electrons. The van der Waals surface area contributed by atoms with E-state index in [0.29, 0.717) is 12.4 Å². The number of aromatic nitrogens is 1. The molecule has 3 heterocycles. The zero-order valence-electron chi connectivity index (χ0n) is 16.2. The van der Waals surface area contributed by atoms with Gasteiger partial charge in [-0.3, -0.25) is 0 Å². The van der Waals surface area contributed by atoms with Crippen LogP contribution in [0.3, 0.4) is 0 Å². The van der Waals surface area contributed by atoms with Crippen molar-refractivity contribution < 1.29 is 13.9 Å². The molecule has 1 atom stereocenters. The molecule has 1 aliphatic heterocycles. The van der Waals surface area contributed by atoms with E-state index >= 15 is 0 Å². The van der Waals surface area contributed by atoms with Gasteiger partial charge >= 0.3 is 11.6 Å². The number of nitrogens with zero attached hydrogens (tertiary/aromatic N) is 2. The number of anilines is 1. The van der Waals surface area contributed by atoms with Gasteiger partial charge in [0.15, 0.2) is 0 Å². The molecule has 1 fully saturated rings. The molecule has 1 aliphatic rings. The van der Waals surface area contributed by atoms with Crippen molar-refractivity contribution >= 4 is 22.9 Å². The van der Waals surface area contributed by atoms with Crippen molar-refractivity contribution in [2.24, 2.45) is 0 Å². The maximum atomic E-state index is 12.3. The molecule has 6 heteroatoms. The van der Waals surface area contributed by atoms with Crippen molar-refractivity contribution in [1.29, 1.82) is 0 Å². The van der Waals surface area contributed by atoms with Crippen LogP contribution in [0.1, 0.15) is 24.0 Å². The number of aryl methyl sites for hydroxylation is 2. The maximum absolute atomic E-state index is 12.3. The molecule has 2 aromatic heterocycles. The lowest BCUT2D eigenvalue weighted by Gasteiger charge is -2.23. The minimum absolute atomic E-state index is 0.273. The largest absolute Gasteiger partial charge is 0.467 e. The minimum atomic E-state index is -0.444. The number of hydrogen-bond donors (Lipinski definition) is 0. The Balaban J connectivity index is 1.86. The summed E-state index contributed by atoms with van der Waals surface area (Å²) in [5.41, 5.74) is 3.83. The summed E-state index contributed by atoms with van der Waals surface area (Å²) < 4.78 is 10.3. The predicted octanol–water partition coefficient (Wildman–Crippen LogP) is 3.61. The molecule has 0 radical (unpaired) electrons. The highest BCUT2D eigenvalue weighted by atomic mass is 16.5. The fourth-order valence-electron chi connectivity index (χ4n) is 4.06. The number of esters is 1. The van der Waals surface area contributed by atoms with Gasteiger partial charge < -0.3 is 14.1 Å². The van der Waals surface area contributed by atoms with E-state index in [0.717, 1.165) is 40.5 Å². The number of hydrogen-bond acceptors (Lipinski definition) is 6. The first kappa shape index (κ1) is 18.2. The molecule has 1 aromatic carbocycles. The first-order valence-corrected chi connectivity index (χ1v) is 9.35. The van der Waals surface area contributed by atoms with Gasteiger partial charge in [0.2, 0.25) is 5.71 Å². The van der Waals surface area contributed by atoms with Crippen LogP contribution in [-0.4, -0.2) is 30.6 Å². The van der Waals surface area contributed by atoms with Crippen LogP contribution in [0, 0.1) is 13.8 Å². The minimum Gasteiger partial charge on any atom is -0.467 e. The smallest absolute Gasteiger partial charge is 0.338 e. The molecule has 4 rings (SSSR count). The second-order valence-corrected chi connectivity index (χ2v) is 7.14. The molecule has 0 spiro atoms. The van der Waals surface area contributed by atoms with Crippen LogP contribution in [-0.2, 0) is 9.53 Å². The third-order valence-electron chi connectivity index (χ3n) is 5.37. The van der Waals surface area contributed by atoms with Gasteiger partial charge in [-0.05, 0) is 55.5 Å². The number of methoxy groups -OCH3 is 1. The summed E-state index contributed by atoms with van der Waals surface area (Å²) in [6, 6.07) is 11.0. The van der Waals surface area contributed by atoms with E-state index in [2.05, 4.69) is 4.98 Å². The van der Waals surface area contributed by atoms with Crippen LogP contribution in [0.15, 0.2) is 45.6 Å². The van der Waals surface area contributed by atoms with Gasteiger partial charge in [-0.15, -0.1) is 0 Å². The van der Waals surface area contributed by atoms with Crippen LogP contribution >= 0.6 is 0 Å². The summed E-state index contributed by atoms with van der Waals surface area (Å²) in [5.74, 6) is 0.340.